The zero-order valence-electron chi connectivity index (χ0n) is 14.4. The zero-order valence-corrected chi connectivity index (χ0v) is 14.4. The first-order valence-corrected chi connectivity index (χ1v) is 8.98. The van der Waals surface area contributed by atoms with Crippen molar-refractivity contribution >= 4 is 0 Å². The summed E-state index contributed by atoms with van der Waals surface area (Å²) in [5, 5.41) is 0. The molecule has 0 fully saturated rings. The summed E-state index contributed by atoms with van der Waals surface area (Å²) in [5.41, 5.74) is 3.42. The minimum absolute atomic E-state index is 0.910. The molecular weight excluding hydrogens is 288 g/mol. The van der Waals surface area contributed by atoms with Gasteiger partial charge in [0.2, 0.25) is 0 Å². The normalized spacial score (nSPS) is 9.79. The van der Waals surface area contributed by atoms with Crippen LogP contribution >= 0.6 is 0 Å². The highest BCUT2D eigenvalue weighted by Crippen LogP contribution is 2.10. The minimum Gasteiger partial charge on any atom is -0.115 e. The summed E-state index contributed by atoms with van der Waals surface area (Å²) in [7, 11) is 0. The van der Waals surface area contributed by atoms with Crippen LogP contribution < -0.4 is 0 Å². The van der Waals surface area contributed by atoms with Crippen molar-refractivity contribution in [2.45, 2.75) is 51.4 Å². The summed E-state index contributed by atoms with van der Waals surface area (Å²) in [6.45, 7) is 0. The van der Waals surface area contributed by atoms with Gasteiger partial charge >= 0.3 is 0 Å². The lowest BCUT2D eigenvalue weighted by Crippen LogP contribution is -1.85. The van der Waals surface area contributed by atoms with Crippen LogP contribution in [0.25, 0.3) is 0 Å². The first kappa shape index (κ1) is 17.9. The van der Waals surface area contributed by atoms with Gasteiger partial charge in [-0.05, 0) is 49.1 Å². The Morgan fingerprint density at radius 3 is 2.00 bits per heavy atom. The number of benzene rings is 2. The van der Waals surface area contributed by atoms with Crippen molar-refractivity contribution in [1.82, 2.24) is 0 Å². The van der Waals surface area contributed by atoms with Gasteiger partial charge in [0.05, 0.1) is 0 Å². The molecular formula is C24H26. The van der Waals surface area contributed by atoms with Gasteiger partial charge in [0.15, 0.2) is 0 Å². The molecule has 2 aromatic carbocycles. The fourth-order valence-electron chi connectivity index (χ4n) is 2.71. The molecule has 0 saturated carbocycles. The molecule has 24 heavy (non-hydrogen) atoms. The average molecular weight is 314 g/mol. The SMILES string of the molecule is C#Cc1ccc(C#CCCCCCCCCc2ccccc2)cc1. The third kappa shape index (κ3) is 7.21. The van der Waals surface area contributed by atoms with Gasteiger partial charge in [-0.3, -0.25) is 0 Å². The Bertz CT molecular complexity index is 675. The van der Waals surface area contributed by atoms with Crippen LogP contribution in [0.3, 0.4) is 0 Å². The van der Waals surface area contributed by atoms with Gasteiger partial charge in [-0.1, -0.05) is 73.8 Å². The van der Waals surface area contributed by atoms with Gasteiger partial charge in [0.25, 0.3) is 0 Å². The Balaban J connectivity index is 1.48. The molecule has 0 aliphatic carbocycles. The van der Waals surface area contributed by atoms with Crippen LogP contribution in [-0.4, -0.2) is 0 Å². The van der Waals surface area contributed by atoms with E-state index in [1.807, 2.05) is 24.3 Å². The lowest BCUT2D eigenvalue weighted by atomic mass is 10.0. The molecule has 2 aromatic rings. The quantitative estimate of drug-likeness (QED) is 0.414. The van der Waals surface area contributed by atoms with E-state index in [-0.39, 0.29) is 0 Å². The molecule has 0 atom stereocenters. The van der Waals surface area contributed by atoms with E-state index in [0.717, 1.165) is 17.5 Å². The molecule has 122 valence electrons. The molecule has 0 radical (unpaired) electrons. The Morgan fingerprint density at radius 1 is 0.667 bits per heavy atom. The maximum Gasteiger partial charge on any atom is 0.0246 e. The van der Waals surface area contributed by atoms with Crippen molar-refractivity contribution in [1.29, 1.82) is 0 Å². The average Bonchev–Trinajstić information content (AvgIpc) is 2.64. The Hall–Kier alpha value is -2.44. The number of unbranched alkanes of at least 4 members (excludes halogenated alkanes) is 6. The molecule has 0 N–H and O–H groups in total. The smallest absolute Gasteiger partial charge is 0.0246 e. The van der Waals surface area contributed by atoms with Crippen LogP contribution in [0.15, 0.2) is 54.6 Å². The lowest BCUT2D eigenvalue weighted by Gasteiger charge is -2.01. The van der Waals surface area contributed by atoms with Crippen LogP contribution in [0.1, 0.15) is 61.6 Å². The van der Waals surface area contributed by atoms with Gasteiger partial charge in [0, 0.05) is 17.5 Å². The third-order valence-electron chi connectivity index (χ3n) is 4.14. The van der Waals surface area contributed by atoms with E-state index in [4.69, 9.17) is 6.42 Å². The van der Waals surface area contributed by atoms with Crippen molar-refractivity contribution in [3.05, 3.63) is 71.3 Å². The monoisotopic (exact) mass is 314 g/mol. The Labute approximate surface area is 147 Å². The summed E-state index contributed by atoms with van der Waals surface area (Å²) in [6, 6.07) is 18.7. The Morgan fingerprint density at radius 2 is 1.29 bits per heavy atom. The van der Waals surface area contributed by atoms with Crippen molar-refractivity contribution in [3.8, 4) is 24.2 Å². The summed E-state index contributed by atoms with van der Waals surface area (Å²) in [6.07, 6.45) is 15.3. The van der Waals surface area contributed by atoms with E-state index in [2.05, 4.69) is 48.1 Å². The zero-order chi connectivity index (χ0) is 16.9. The maximum absolute atomic E-state index is 5.34. The van der Waals surface area contributed by atoms with Crippen LogP contribution in [0.2, 0.25) is 0 Å². The Kier molecular flexibility index (Phi) is 8.32. The first-order chi connectivity index (χ1) is 11.9. The number of terminal acetylenes is 1. The summed E-state index contributed by atoms with van der Waals surface area (Å²) >= 11 is 0. The van der Waals surface area contributed by atoms with Crippen LogP contribution in [0, 0.1) is 24.2 Å². The first-order valence-electron chi connectivity index (χ1n) is 8.98. The highest BCUT2D eigenvalue weighted by Gasteiger charge is 1.93. The number of hydrogen-bond donors (Lipinski definition) is 0. The van der Waals surface area contributed by atoms with Gasteiger partial charge in [-0.2, -0.15) is 0 Å². The number of aryl methyl sites for hydroxylation is 1. The van der Waals surface area contributed by atoms with Crippen LogP contribution in [-0.2, 0) is 6.42 Å². The summed E-state index contributed by atoms with van der Waals surface area (Å²) in [4.78, 5) is 0. The number of rotatable bonds is 8. The molecule has 0 amide bonds. The molecule has 0 bridgehead atoms. The van der Waals surface area contributed by atoms with Gasteiger partial charge < -0.3 is 0 Å². The molecule has 0 heteroatoms. The third-order valence-corrected chi connectivity index (χ3v) is 4.14. The highest BCUT2D eigenvalue weighted by atomic mass is 14.0. The van der Waals surface area contributed by atoms with E-state index in [0.29, 0.717) is 0 Å². The van der Waals surface area contributed by atoms with Crippen molar-refractivity contribution < 1.29 is 0 Å². The van der Waals surface area contributed by atoms with Gasteiger partial charge in [-0.25, -0.2) is 0 Å². The van der Waals surface area contributed by atoms with E-state index in [9.17, 15) is 0 Å². The lowest BCUT2D eigenvalue weighted by molar-refractivity contribution is 0.599. The highest BCUT2D eigenvalue weighted by molar-refractivity contribution is 5.40. The van der Waals surface area contributed by atoms with Gasteiger partial charge in [-0.15, -0.1) is 6.42 Å². The number of hydrogen-bond acceptors (Lipinski definition) is 0. The van der Waals surface area contributed by atoms with Gasteiger partial charge in [0.1, 0.15) is 0 Å². The minimum atomic E-state index is 0.910. The largest absolute Gasteiger partial charge is 0.115 e. The molecule has 0 aromatic heterocycles. The fraction of sp³-hybridized carbons (Fsp3) is 0.333. The molecule has 0 unspecified atom stereocenters. The van der Waals surface area contributed by atoms with Crippen LogP contribution in [0.5, 0.6) is 0 Å². The predicted octanol–water partition coefficient (Wildman–Crippen LogP) is 5.99. The second-order valence-electron chi connectivity index (χ2n) is 6.13. The second kappa shape index (κ2) is 11.2. The van der Waals surface area contributed by atoms with Crippen molar-refractivity contribution in [2.75, 3.05) is 0 Å². The van der Waals surface area contributed by atoms with Crippen molar-refractivity contribution in [2.24, 2.45) is 0 Å². The molecule has 2 rings (SSSR count). The van der Waals surface area contributed by atoms with E-state index in [1.54, 1.807) is 0 Å². The van der Waals surface area contributed by atoms with E-state index >= 15 is 0 Å². The molecule has 0 saturated heterocycles. The molecule has 0 heterocycles. The van der Waals surface area contributed by atoms with Crippen LogP contribution in [0.4, 0.5) is 0 Å². The van der Waals surface area contributed by atoms with E-state index in [1.165, 1.54) is 50.5 Å². The molecule has 0 aliphatic heterocycles. The molecule has 0 spiro atoms. The predicted molar refractivity (Wildman–Crippen MR) is 104 cm³/mol. The van der Waals surface area contributed by atoms with E-state index < -0.39 is 0 Å². The molecule has 0 aliphatic rings. The standard InChI is InChI=1S/C24H26/c1-2-22-18-20-24(21-19-22)17-11-8-6-4-3-5-7-10-14-23-15-12-9-13-16-23/h1,9,12-13,15-16,18-21H,3-8,10,14H2. The van der Waals surface area contributed by atoms with Crippen molar-refractivity contribution in [3.63, 3.8) is 0 Å². The maximum atomic E-state index is 5.34. The fourth-order valence-corrected chi connectivity index (χ4v) is 2.71. The topological polar surface area (TPSA) is 0 Å². The second-order valence-corrected chi connectivity index (χ2v) is 6.13. The summed E-state index contributed by atoms with van der Waals surface area (Å²) < 4.78 is 0. The summed E-state index contributed by atoms with van der Waals surface area (Å²) in [5.74, 6) is 9.09. The molecule has 0 nitrogen and oxygen atoms in total.